The van der Waals surface area contributed by atoms with E-state index in [1.807, 2.05) is 36.0 Å². The first-order valence-electron chi connectivity index (χ1n) is 9.26. The molecule has 0 radical (unpaired) electrons. The van der Waals surface area contributed by atoms with Crippen LogP contribution in [0.3, 0.4) is 0 Å². The van der Waals surface area contributed by atoms with Gasteiger partial charge in [-0.2, -0.15) is 5.10 Å². The number of hydrogen-bond donors (Lipinski definition) is 0. The molecule has 0 aliphatic carbocycles. The first kappa shape index (κ1) is 19.2. The van der Waals surface area contributed by atoms with Gasteiger partial charge in [-0.1, -0.05) is 25.4 Å². The third-order valence-corrected chi connectivity index (χ3v) is 4.79. The maximum atomic E-state index is 5.97. The zero-order valence-electron chi connectivity index (χ0n) is 15.8. The van der Waals surface area contributed by atoms with Crippen LogP contribution in [0.2, 0.25) is 5.02 Å². The Hall–Kier alpha value is -1.56. The van der Waals surface area contributed by atoms with Crippen LogP contribution in [0.25, 0.3) is 0 Å². The zero-order valence-corrected chi connectivity index (χ0v) is 16.6. The maximum absolute atomic E-state index is 5.97. The second-order valence-corrected chi connectivity index (χ2v) is 7.69. The van der Waals surface area contributed by atoms with E-state index in [0.29, 0.717) is 17.5 Å². The lowest BCUT2D eigenvalue weighted by atomic mass is 10.1. The Morgan fingerprint density at radius 3 is 2.81 bits per heavy atom. The second-order valence-electron chi connectivity index (χ2n) is 7.25. The highest BCUT2D eigenvalue weighted by molar-refractivity contribution is 6.30. The molecule has 0 saturated carbocycles. The molecule has 1 aromatic heterocycles. The van der Waals surface area contributed by atoms with Gasteiger partial charge >= 0.3 is 0 Å². The average molecular weight is 378 g/mol. The van der Waals surface area contributed by atoms with E-state index in [0.717, 1.165) is 49.8 Å². The number of morpholine rings is 1. The van der Waals surface area contributed by atoms with Crippen molar-refractivity contribution in [1.82, 2.24) is 14.7 Å². The van der Waals surface area contributed by atoms with Crippen LogP contribution in [0.15, 0.2) is 30.3 Å². The fourth-order valence-electron chi connectivity index (χ4n) is 3.29. The molecule has 1 unspecified atom stereocenters. The highest BCUT2D eigenvalue weighted by Crippen LogP contribution is 2.23. The van der Waals surface area contributed by atoms with Crippen molar-refractivity contribution in [1.29, 1.82) is 0 Å². The number of aromatic nitrogens is 2. The van der Waals surface area contributed by atoms with Crippen molar-refractivity contribution in [2.24, 2.45) is 13.0 Å². The maximum Gasteiger partial charge on any atom is 0.119 e. The van der Waals surface area contributed by atoms with E-state index in [1.165, 1.54) is 0 Å². The van der Waals surface area contributed by atoms with Crippen molar-refractivity contribution in [2.75, 3.05) is 32.8 Å². The standard InChI is InChI=1S/C20H28ClN3O2/c1-15(2)13-24-9-11-26-20(14-24)19-12-17(23(3)22-19)8-10-25-18-6-4-16(21)5-7-18/h4-7,12,15,20H,8-11,13-14H2,1-3H3. The molecule has 2 aromatic rings. The average Bonchev–Trinajstić information content (AvgIpc) is 2.97. The van der Waals surface area contributed by atoms with E-state index >= 15 is 0 Å². The van der Waals surface area contributed by atoms with Gasteiger partial charge in [-0.3, -0.25) is 9.58 Å². The van der Waals surface area contributed by atoms with Crippen LogP contribution in [0.1, 0.15) is 31.3 Å². The van der Waals surface area contributed by atoms with Crippen molar-refractivity contribution < 1.29 is 9.47 Å². The van der Waals surface area contributed by atoms with E-state index in [1.54, 1.807) is 0 Å². The van der Waals surface area contributed by atoms with E-state index in [4.69, 9.17) is 21.1 Å². The van der Waals surface area contributed by atoms with E-state index in [-0.39, 0.29) is 6.10 Å². The summed E-state index contributed by atoms with van der Waals surface area (Å²) in [7, 11) is 1.98. The molecular weight excluding hydrogens is 350 g/mol. The summed E-state index contributed by atoms with van der Waals surface area (Å²) in [5.41, 5.74) is 2.17. The minimum absolute atomic E-state index is 0.0552. The number of aryl methyl sites for hydroxylation is 1. The van der Waals surface area contributed by atoms with Gasteiger partial charge in [0.2, 0.25) is 0 Å². The lowest BCUT2D eigenvalue weighted by molar-refractivity contribution is -0.0354. The van der Waals surface area contributed by atoms with Crippen molar-refractivity contribution in [2.45, 2.75) is 26.4 Å². The summed E-state index contributed by atoms with van der Waals surface area (Å²) in [5, 5.41) is 5.39. The van der Waals surface area contributed by atoms with Gasteiger partial charge in [-0.25, -0.2) is 0 Å². The molecule has 1 aliphatic rings. The Morgan fingerprint density at radius 1 is 1.31 bits per heavy atom. The number of nitrogens with zero attached hydrogens (tertiary/aromatic N) is 3. The first-order valence-corrected chi connectivity index (χ1v) is 9.64. The molecule has 1 aliphatic heterocycles. The van der Waals surface area contributed by atoms with Crippen LogP contribution in [0.5, 0.6) is 5.75 Å². The number of halogens is 1. The Balaban J connectivity index is 1.55. The molecule has 6 heteroatoms. The summed E-state index contributed by atoms with van der Waals surface area (Å²) in [6.07, 6.45) is 0.855. The molecule has 0 spiro atoms. The number of ether oxygens (including phenoxy) is 2. The summed E-state index contributed by atoms with van der Waals surface area (Å²) in [6.45, 7) is 8.90. The molecule has 1 fully saturated rings. The fourth-order valence-corrected chi connectivity index (χ4v) is 3.42. The summed E-state index contributed by atoms with van der Waals surface area (Å²) in [4.78, 5) is 2.47. The summed E-state index contributed by atoms with van der Waals surface area (Å²) in [5.74, 6) is 1.50. The van der Waals surface area contributed by atoms with Crippen LogP contribution in [0, 0.1) is 5.92 Å². The van der Waals surface area contributed by atoms with Gasteiger partial charge in [0.05, 0.1) is 18.9 Å². The number of rotatable bonds is 7. The minimum atomic E-state index is 0.0552. The van der Waals surface area contributed by atoms with Crippen molar-refractivity contribution in [3.63, 3.8) is 0 Å². The Morgan fingerprint density at radius 2 is 2.08 bits per heavy atom. The lowest BCUT2D eigenvalue weighted by Gasteiger charge is -2.33. The Kier molecular flexibility index (Phi) is 6.57. The zero-order chi connectivity index (χ0) is 18.5. The smallest absolute Gasteiger partial charge is 0.119 e. The molecule has 0 amide bonds. The largest absolute Gasteiger partial charge is 0.493 e. The van der Waals surface area contributed by atoms with Gasteiger partial charge in [-0.15, -0.1) is 0 Å². The second kappa shape index (κ2) is 8.89. The van der Waals surface area contributed by atoms with Crippen molar-refractivity contribution >= 4 is 11.6 Å². The van der Waals surface area contributed by atoms with Gasteiger partial charge in [0, 0.05) is 43.8 Å². The van der Waals surface area contributed by atoms with Crippen LogP contribution in [-0.4, -0.2) is 47.5 Å². The minimum Gasteiger partial charge on any atom is -0.493 e. The summed E-state index contributed by atoms with van der Waals surface area (Å²) in [6, 6.07) is 9.59. The van der Waals surface area contributed by atoms with E-state index in [9.17, 15) is 0 Å². The highest BCUT2D eigenvalue weighted by Gasteiger charge is 2.25. The third-order valence-electron chi connectivity index (χ3n) is 4.54. The predicted octanol–water partition coefficient (Wildman–Crippen LogP) is 3.72. The van der Waals surface area contributed by atoms with Crippen molar-refractivity contribution in [3.8, 4) is 5.75 Å². The lowest BCUT2D eigenvalue weighted by Crippen LogP contribution is -2.40. The van der Waals surface area contributed by atoms with Gasteiger partial charge in [-0.05, 0) is 36.2 Å². The topological polar surface area (TPSA) is 39.5 Å². The van der Waals surface area contributed by atoms with Gasteiger partial charge in [0.15, 0.2) is 0 Å². The Bertz CT molecular complexity index is 700. The third kappa shape index (κ3) is 5.22. The Labute approximate surface area is 160 Å². The first-order chi connectivity index (χ1) is 12.5. The molecule has 0 N–H and O–H groups in total. The molecule has 5 nitrogen and oxygen atoms in total. The molecule has 1 saturated heterocycles. The molecule has 1 aromatic carbocycles. The summed E-state index contributed by atoms with van der Waals surface area (Å²) >= 11 is 5.89. The number of benzene rings is 1. The normalized spacial score (nSPS) is 18.4. The molecule has 3 rings (SSSR count). The molecule has 26 heavy (non-hydrogen) atoms. The van der Waals surface area contributed by atoms with Crippen LogP contribution >= 0.6 is 11.6 Å². The molecule has 1 atom stereocenters. The molecule has 2 heterocycles. The van der Waals surface area contributed by atoms with Gasteiger partial charge < -0.3 is 9.47 Å². The van der Waals surface area contributed by atoms with E-state index < -0.39 is 0 Å². The summed E-state index contributed by atoms with van der Waals surface area (Å²) < 4.78 is 13.7. The predicted molar refractivity (Wildman–Crippen MR) is 104 cm³/mol. The van der Waals surface area contributed by atoms with Crippen molar-refractivity contribution in [3.05, 3.63) is 46.7 Å². The van der Waals surface area contributed by atoms with Crippen LogP contribution in [-0.2, 0) is 18.2 Å². The molecule has 0 bridgehead atoms. The SMILES string of the molecule is CC(C)CN1CCOC(c2cc(CCOc3ccc(Cl)cc3)n(C)n2)C1. The van der Waals surface area contributed by atoms with Crippen LogP contribution in [0.4, 0.5) is 0 Å². The number of hydrogen-bond acceptors (Lipinski definition) is 4. The highest BCUT2D eigenvalue weighted by atomic mass is 35.5. The van der Waals surface area contributed by atoms with Gasteiger partial charge in [0.25, 0.3) is 0 Å². The molecular formula is C20H28ClN3O2. The molecule has 142 valence electrons. The quantitative estimate of drug-likeness (QED) is 0.737. The van der Waals surface area contributed by atoms with Crippen LogP contribution < -0.4 is 4.74 Å². The fraction of sp³-hybridized carbons (Fsp3) is 0.550. The van der Waals surface area contributed by atoms with E-state index in [2.05, 4.69) is 29.9 Å². The van der Waals surface area contributed by atoms with Gasteiger partial charge in [0.1, 0.15) is 11.9 Å². The monoisotopic (exact) mass is 377 g/mol.